The summed E-state index contributed by atoms with van der Waals surface area (Å²) in [6, 6.07) is 1.29. The van der Waals surface area contributed by atoms with E-state index < -0.39 is 29.2 Å². The van der Waals surface area contributed by atoms with Crippen molar-refractivity contribution in [1.82, 2.24) is 9.97 Å². The van der Waals surface area contributed by atoms with E-state index in [1.54, 1.807) is 0 Å². The van der Waals surface area contributed by atoms with Crippen molar-refractivity contribution in [1.29, 1.82) is 5.26 Å². The molecule has 0 unspecified atom stereocenters. The number of carboxylic acid groups (broad SMARTS) is 1. The lowest BCUT2D eigenvalue weighted by Gasteiger charge is -2.07. The first-order chi connectivity index (χ1) is 6.86. The third-order valence-electron chi connectivity index (χ3n) is 1.39. The molecule has 0 saturated carbocycles. The molecular weight excluding hydrogens is 215 g/mol. The van der Waals surface area contributed by atoms with Gasteiger partial charge in [0.2, 0.25) is 5.82 Å². The molecule has 0 aliphatic rings. The Morgan fingerprint density at radius 2 is 2.13 bits per heavy atom. The molecule has 1 heterocycles. The van der Waals surface area contributed by atoms with Crippen LogP contribution < -0.4 is 0 Å². The zero-order valence-electron chi connectivity index (χ0n) is 6.91. The van der Waals surface area contributed by atoms with E-state index in [1.807, 2.05) is 0 Å². The van der Waals surface area contributed by atoms with Crippen molar-refractivity contribution in [3.63, 3.8) is 0 Å². The molecule has 78 valence electrons. The van der Waals surface area contributed by atoms with E-state index >= 15 is 0 Å². The maximum absolute atomic E-state index is 12.3. The van der Waals surface area contributed by atoms with Crippen LogP contribution in [0.5, 0.6) is 0 Å². The predicted molar refractivity (Wildman–Crippen MR) is 38.7 cm³/mol. The van der Waals surface area contributed by atoms with Gasteiger partial charge in [0, 0.05) is 6.20 Å². The molecule has 1 N–H and O–H groups in total. The molecule has 0 saturated heterocycles. The zero-order valence-corrected chi connectivity index (χ0v) is 6.91. The van der Waals surface area contributed by atoms with Gasteiger partial charge >= 0.3 is 12.1 Å². The van der Waals surface area contributed by atoms with Gasteiger partial charge in [-0.25, -0.2) is 14.8 Å². The largest absolute Gasteiger partial charge is 0.478 e. The van der Waals surface area contributed by atoms with E-state index in [1.165, 1.54) is 6.07 Å². The highest BCUT2D eigenvalue weighted by molar-refractivity contribution is 5.88. The lowest BCUT2D eigenvalue weighted by atomic mass is 10.2. The van der Waals surface area contributed by atoms with Crippen molar-refractivity contribution >= 4 is 5.97 Å². The molecule has 15 heavy (non-hydrogen) atoms. The second-order valence-corrected chi connectivity index (χ2v) is 2.37. The number of rotatable bonds is 1. The SMILES string of the molecule is N#Cc1ncc(C(=O)O)c(C(F)(F)F)n1. The van der Waals surface area contributed by atoms with E-state index in [2.05, 4.69) is 9.97 Å². The van der Waals surface area contributed by atoms with Crippen molar-refractivity contribution in [2.75, 3.05) is 0 Å². The Balaban J connectivity index is 3.44. The number of carboxylic acids is 1. The Labute approximate surface area is 80.8 Å². The zero-order chi connectivity index (χ0) is 11.6. The number of aromatic nitrogens is 2. The summed E-state index contributed by atoms with van der Waals surface area (Å²) in [5.41, 5.74) is -2.71. The fraction of sp³-hybridized carbons (Fsp3) is 0.143. The average Bonchev–Trinajstić information content (AvgIpc) is 2.15. The van der Waals surface area contributed by atoms with Gasteiger partial charge in [-0.2, -0.15) is 18.4 Å². The van der Waals surface area contributed by atoms with E-state index in [9.17, 15) is 18.0 Å². The fourth-order valence-corrected chi connectivity index (χ4v) is 0.808. The highest BCUT2D eigenvalue weighted by atomic mass is 19.4. The van der Waals surface area contributed by atoms with Crippen LogP contribution >= 0.6 is 0 Å². The molecular formula is C7H2F3N3O2. The number of alkyl halides is 3. The van der Waals surface area contributed by atoms with Crippen molar-refractivity contribution in [3.8, 4) is 6.07 Å². The molecule has 0 bridgehead atoms. The molecule has 1 rings (SSSR count). The van der Waals surface area contributed by atoms with Gasteiger partial charge in [-0.05, 0) is 0 Å². The third kappa shape index (κ3) is 2.19. The van der Waals surface area contributed by atoms with E-state index in [0.717, 1.165) is 0 Å². The molecule has 0 aromatic carbocycles. The number of aromatic carboxylic acids is 1. The predicted octanol–water partition coefficient (Wildman–Crippen LogP) is 1.07. The van der Waals surface area contributed by atoms with Gasteiger partial charge in [0.15, 0.2) is 5.69 Å². The Hall–Kier alpha value is -2.17. The number of hydrogen-bond acceptors (Lipinski definition) is 4. The number of nitrogens with zero attached hydrogens (tertiary/aromatic N) is 3. The van der Waals surface area contributed by atoms with Crippen LogP contribution in [0.4, 0.5) is 13.2 Å². The summed E-state index contributed by atoms with van der Waals surface area (Å²) in [6.45, 7) is 0. The van der Waals surface area contributed by atoms with Gasteiger partial charge in [-0.3, -0.25) is 0 Å². The molecule has 0 aliphatic carbocycles. The number of carbonyl (C=O) groups is 1. The van der Waals surface area contributed by atoms with E-state index in [0.29, 0.717) is 6.20 Å². The van der Waals surface area contributed by atoms with Crippen LogP contribution in [0.25, 0.3) is 0 Å². The van der Waals surface area contributed by atoms with Crippen molar-refractivity contribution in [2.24, 2.45) is 0 Å². The molecule has 5 nitrogen and oxygen atoms in total. The Bertz CT molecular complexity index is 450. The average molecular weight is 217 g/mol. The standard InChI is InChI=1S/C7H2F3N3O2/c8-7(9,10)5-3(6(14)15)2-12-4(1-11)13-5/h2H,(H,14,15). The molecule has 0 spiro atoms. The normalized spacial score (nSPS) is 10.8. The summed E-state index contributed by atoms with van der Waals surface area (Å²) in [5, 5.41) is 16.7. The monoisotopic (exact) mass is 217 g/mol. The van der Waals surface area contributed by atoms with Gasteiger partial charge in [0.1, 0.15) is 11.6 Å². The smallest absolute Gasteiger partial charge is 0.434 e. The molecule has 0 radical (unpaired) electrons. The molecule has 1 aromatic rings. The molecule has 1 aromatic heterocycles. The second-order valence-electron chi connectivity index (χ2n) is 2.37. The lowest BCUT2D eigenvalue weighted by Crippen LogP contribution is -2.17. The molecule has 0 aliphatic heterocycles. The quantitative estimate of drug-likeness (QED) is 0.759. The first kappa shape index (κ1) is 10.9. The minimum absolute atomic E-state index is 0.455. The summed E-state index contributed by atoms with van der Waals surface area (Å²) < 4.78 is 36.8. The highest BCUT2D eigenvalue weighted by Crippen LogP contribution is 2.29. The summed E-state index contributed by atoms with van der Waals surface area (Å²) in [4.78, 5) is 16.4. The summed E-state index contributed by atoms with van der Waals surface area (Å²) in [5.74, 6) is -2.53. The minimum Gasteiger partial charge on any atom is -0.478 e. The summed E-state index contributed by atoms with van der Waals surface area (Å²) in [6.07, 6.45) is -4.47. The van der Waals surface area contributed by atoms with Crippen LogP contribution in [-0.4, -0.2) is 21.0 Å². The first-order valence-corrected chi connectivity index (χ1v) is 3.44. The van der Waals surface area contributed by atoms with Gasteiger partial charge in [-0.15, -0.1) is 0 Å². The molecule has 8 heteroatoms. The lowest BCUT2D eigenvalue weighted by molar-refractivity contribution is -0.141. The van der Waals surface area contributed by atoms with Crippen molar-refractivity contribution in [2.45, 2.75) is 6.18 Å². The van der Waals surface area contributed by atoms with Gasteiger partial charge in [-0.1, -0.05) is 0 Å². The van der Waals surface area contributed by atoms with E-state index in [-0.39, 0.29) is 0 Å². The number of halogens is 3. The van der Waals surface area contributed by atoms with Gasteiger partial charge < -0.3 is 5.11 Å². The topological polar surface area (TPSA) is 86.9 Å². The minimum atomic E-state index is -4.93. The Kier molecular flexibility index (Phi) is 2.57. The van der Waals surface area contributed by atoms with Crippen LogP contribution in [0, 0.1) is 11.3 Å². The third-order valence-corrected chi connectivity index (χ3v) is 1.39. The van der Waals surface area contributed by atoms with Crippen LogP contribution in [0.2, 0.25) is 0 Å². The second kappa shape index (κ2) is 3.53. The highest BCUT2D eigenvalue weighted by Gasteiger charge is 2.38. The fourth-order valence-electron chi connectivity index (χ4n) is 0.808. The van der Waals surface area contributed by atoms with Crippen molar-refractivity contribution < 1.29 is 23.1 Å². The number of nitriles is 1. The maximum Gasteiger partial charge on any atom is 0.434 e. The van der Waals surface area contributed by atoms with Crippen LogP contribution in [0.1, 0.15) is 21.9 Å². The molecule has 0 amide bonds. The van der Waals surface area contributed by atoms with Crippen LogP contribution in [0.3, 0.4) is 0 Å². The maximum atomic E-state index is 12.3. The summed E-state index contributed by atoms with van der Waals surface area (Å²) >= 11 is 0. The molecule has 0 fully saturated rings. The van der Waals surface area contributed by atoms with E-state index in [4.69, 9.17) is 10.4 Å². The van der Waals surface area contributed by atoms with Gasteiger partial charge in [0.25, 0.3) is 0 Å². The Morgan fingerprint density at radius 1 is 1.53 bits per heavy atom. The number of hydrogen-bond donors (Lipinski definition) is 1. The van der Waals surface area contributed by atoms with Crippen LogP contribution in [-0.2, 0) is 6.18 Å². The molecule has 0 atom stereocenters. The van der Waals surface area contributed by atoms with Gasteiger partial charge in [0.05, 0.1) is 0 Å². The Morgan fingerprint density at radius 3 is 2.53 bits per heavy atom. The van der Waals surface area contributed by atoms with Crippen LogP contribution in [0.15, 0.2) is 6.20 Å². The summed E-state index contributed by atoms with van der Waals surface area (Å²) in [7, 11) is 0. The van der Waals surface area contributed by atoms with Crippen molar-refractivity contribution in [3.05, 3.63) is 23.3 Å². The first-order valence-electron chi connectivity index (χ1n) is 3.44.